The summed E-state index contributed by atoms with van der Waals surface area (Å²) in [6.45, 7) is 2.79. The molecule has 0 fully saturated rings. The number of benzene rings is 1. The standard InChI is InChI=1S/C20H18N4O2S/c1-2-3-11-26-16-9-5-4-7-14(16)12-17-19(25)24-20(27-17)22-18(23-24)15-8-6-10-21-13-15/h4-10,12-13H,2-3,11H2,1H3/b17-12+. The van der Waals surface area contributed by atoms with E-state index in [2.05, 4.69) is 22.0 Å². The first-order chi connectivity index (χ1) is 13.3. The van der Waals surface area contributed by atoms with E-state index in [9.17, 15) is 4.79 Å². The maximum absolute atomic E-state index is 12.7. The molecule has 0 saturated carbocycles. The minimum absolute atomic E-state index is 0.180. The van der Waals surface area contributed by atoms with E-state index < -0.39 is 0 Å². The topological polar surface area (TPSA) is 69.4 Å². The molecule has 0 amide bonds. The van der Waals surface area contributed by atoms with Crippen LogP contribution in [0, 0.1) is 0 Å². The van der Waals surface area contributed by atoms with Gasteiger partial charge in [-0.25, -0.2) is 0 Å². The highest BCUT2D eigenvalue weighted by Crippen LogP contribution is 2.19. The van der Waals surface area contributed by atoms with Gasteiger partial charge in [0.05, 0.1) is 11.1 Å². The van der Waals surface area contributed by atoms with Crippen molar-refractivity contribution < 1.29 is 4.74 Å². The van der Waals surface area contributed by atoms with Crippen LogP contribution in [0.15, 0.2) is 53.6 Å². The number of thiazole rings is 1. The van der Waals surface area contributed by atoms with Gasteiger partial charge in [-0.2, -0.15) is 9.50 Å². The number of rotatable bonds is 6. The minimum Gasteiger partial charge on any atom is -0.493 e. The van der Waals surface area contributed by atoms with E-state index in [4.69, 9.17) is 4.74 Å². The molecular formula is C20H18N4O2S. The molecule has 0 aliphatic heterocycles. The Bertz CT molecular complexity index is 1170. The van der Waals surface area contributed by atoms with Gasteiger partial charge >= 0.3 is 0 Å². The Kier molecular flexibility index (Phi) is 4.93. The van der Waals surface area contributed by atoms with Gasteiger partial charge in [0.2, 0.25) is 4.96 Å². The lowest BCUT2D eigenvalue weighted by molar-refractivity contribution is 0.309. The summed E-state index contributed by atoms with van der Waals surface area (Å²) in [5, 5.41) is 4.34. The summed E-state index contributed by atoms with van der Waals surface area (Å²) in [6.07, 6.45) is 7.28. The molecule has 6 nitrogen and oxygen atoms in total. The molecule has 136 valence electrons. The van der Waals surface area contributed by atoms with Crippen LogP contribution < -0.4 is 14.8 Å². The van der Waals surface area contributed by atoms with Gasteiger partial charge in [-0.3, -0.25) is 9.78 Å². The second kappa shape index (κ2) is 7.67. The van der Waals surface area contributed by atoms with Gasteiger partial charge in [0, 0.05) is 23.5 Å². The van der Waals surface area contributed by atoms with Gasteiger partial charge in [0.1, 0.15) is 5.75 Å². The summed E-state index contributed by atoms with van der Waals surface area (Å²) in [5.41, 5.74) is 1.48. The molecule has 0 aliphatic carbocycles. The van der Waals surface area contributed by atoms with E-state index >= 15 is 0 Å². The third kappa shape index (κ3) is 3.59. The van der Waals surface area contributed by atoms with Crippen LogP contribution >= 0.6 is 11.3 Å². The van der Waals surface area contributed by atoms with Gasteiger partial charge in [0.25, 0.3) is 5.56 Å². The van der Waals surface area contributed by atoms with Gasteiger partial charge in [-0.15, -0.1) is 5.10 Å². The van der Waals surface area contributed by atoms with Crippen LogP contribution in [-0.4, -0.2) is 26.2 Å². The lowest BCUT2D eigenvalue weighted by atomic mass is 10.2. The molecule has 1 aromatic carbocycles. The molecule has 3 aromatic heterocycles. The summed E-state index contributed by atoms with van der Waals surface area (Å²) in [7, 11) is 0. The quantitative estimate of drug-likeness (QED) is 0.483. The number of fused-ring (bicyclic) bond motifs is 1. The van der Waals surface area contributed by atoms with Crippen molar-refractivity contribution in [1.82, 2.24) is 19.6 Å². The number of hydrogen-bond donors (Lipinski definition) is 0. The Morgan fingerprint density at radius 2 is 2.11 bits per heavy atom. The molecule has 0 unspecified atom stereocenters. The summed E-state index contributed by atoms with van der Waals surface area (Å²) in [4.78, 5) is 21.8. The van der Waals surface area contributed by atoms with E-state index in [1.165, 1.54) is 15.9 Å². The van der Waals surface area contributed by atoms with Crippen molar-refractivity contribution >= 4 is 22.4 Å². The Hall–Kier alpha value is -3.06. The van der Waals surface area contributed by atoms with Gasteiger partial charge in [-0.1, -0.05) is 42.9 Å². The highest BCUT2D eigenvalue weighted by molar-refractivity contribution is 7.15. The fourth-order valence-corrected chi connectivity index (χ4v) is 3.55. The Morgan fingerprint density at radius 1 is 1.22 bits per heavy atom. The lowest BCUT2D eigenvalue weighted by Crippen LogP contribution is -2.23. The molecule has 0 bridgehead atoms. The van der Waals surface area contributed by atoms with Crippen LogP contribution in [0.5, 0.6) is 5.75 Å². The molecule has 0 spiro atoms. The summed E-state index contributed by atoms with van der Waals surface area (Å²) in [6, 6.07) is 11.4. The lowest BCUT2D eigenvalue weighted by Gasteiger charge is -2.07. The minimum atomic E-state index is -0.180. The first-order valence-electron chi connectivity index (χ1n) is 8.80. The fourth-order valence-electron chi connectivity index (χ4n) is 2.65. The van der Waals surface area contributed by atoms with Crippen molar-refractivity contribution in [3.63, 3.8) is 0 Å². The molecule has 7 heteroatoms. The zero-order valence-electron chi connectivity index (χ0n) is 14.8. The van der Waals surface area contributed by atoms with Crippen LogP contribution in [-0.2, 0) is 0 Å². The molecule has 4 aromatic rings. The van der Waals surface area contributed by atoms with E-state index in [1.807, 2.05) is 42.5 Å². The average Bonchev–Trinajstić information content (AvgIpc) is 3.24. The fraction of sp³-hybridized carbons (Fsp3) is 0.200. The maximum atomic E-state index is 12.7. The molecule has 4 rings (SSSR count). The molecular weight excluding hydrogens is 360 g/mol. The molecule has 27 heavy (non-hydrogen) atoms. The number of para-hydroxylation sites is 1. The smallest absolute Gasteiger partial charge is 0.291 e. The molecule has 3 heterocycles. The van der Waals surface area contributed by atoms with Gasteiger partial charge in [0.15, 0.2) is 5.82 Å². The third-order valence-corrected chi connectivity index (χ3v) is 5.02. The molecule has 0 saturated heterocycles. The number of pyridine rings is 1. The van der Waals surface area contributed by atoms with Crippen molar-refractivity contribution in [3.8, 4) is 17.1 Å². The van der Waals surface area contributed by atoms with Crippen LogP contribution in [0.4, 0.5) is 0 Å². The number of hydrogen-bond acceptors (Lipinski definition) is 6. The van der Waals surface area contributed by atoms with Crippen LogP contribution in [0.2, 0.25) is 0 Å². The summed E-state index contributed by atoms with van der Waals surface area (Å²) < 4.78 is 7.77. The Labute approximate surface area is 159 Å². The summed E-state index contributed by atoms with van der Waals surface area (Å²) in [5.74, 6) is 1.28. The number of unbranched alkanes of at least 4 members (excludes halogenated alkanes) is 1. The number of nitrogens with zero attached hydrogens (tertiary/aromatic N) is 4. The SMILES string of the molecule is CCCCOc1ccccc1/C=c1/sc2nc(-c3cccnc3)nn2c1=O. The van der Waals surface area contributed by atoms with Gasteiger partial charge < -0.3 is 4.74 Å². The molecule has 0 aliphatic rings. The van der Waals surface area contributed by atoms with Crippen molar-refractivity contribution in [3.05, 3.63) is 69.2 Å². The van der Waals surface area contributed by atoms with Crippen molar-refractivity contribution in [2.45, 2.75) is 19.8 Å². The average molecular weight is 378 g/mol. The van der Waals surface area contributed by atoms with Crippen LogP contribution in [0.25, 0.3) is 22.4 Å². The predicted molar refractivity (Wildman–Crippen MR) is 106 cm³/mol. The monoisotopic (exact) mass is 378 g/mol. The van der Waals surface area contributed by atoms with E-state index in [-0.39, 0.29) is 5.56 Å². The van der Waals surface area contributed by atoms with Gasteiger partial charge in [-0.05, 0) is 30.7 Å². The maximum Gasteiger partial charge on any atom is 0.291 e. The second-order valence-corrected chi connectivity index (χ2v) is 7.04. The van der Waals surface area contributed by atoms with E-state index in [1.54, 1.807) is 12.4 Å². The van der Waals surface area contributed by atoms with E-state index in [0.717, 1.165) is 29.7 Å². The normalized spacial score (nSPS) is 12.0. The highest BCUT2D eigenvalue weighted by atomic mass is 32.1. The van der Waals surface area contributed by atoms with Crippen LogP contribution in [0.1, 0.15) is 25.3 Å². The van der Waals surface area contributed by atoms with Crippen molar-refractivity contribution in [1.29, 1.82) is 0 Å². The third-order valence-electron chi connectivity index (χ3n) is 4.06. The zero-order valence-corrected chi connectivity index (χ0v) is 15.6. The second-order valence-electron chi connectivity index (χ2n) is 6.03. The Balaban J connectivity index is 1.72. The first-order valence-corrected chi connectivity index (χ1v) is 9.61. The molecule has 0 atom stereocenters. The number of ether oxygens (including phenoxy) is 1. The highest BCUT2D eigenvalue weighted by Gasteiger charge is 2.12. The van der Waals surface area contributed by atoms with E-state index in [0.29, 0.717) is 21.9 Å². The Morgan fingerprint density at radius 3 is 2.89 bits per heavy atom. The predicted octanol–water partition coefficient (Wildman–Crippen LogP) is 2.94. The number of aromatic nitrogens is 4. The van der Waals surface area contributed by atoms with Crippen LogP contribution in [0.3, 0.4) is 0 Å². The zero-order chi connectivity index (χ0) is 18.6. The molecule has 0 N–H and O–H groups in total. The largest absolute Gasteiger partial charge is 0.493 e. The molecule has 0 radical (unpaired) electrons. The summed E-state index contributed by atoms with van der Waals surface area (Å²) >= 11 is 1.32. The first kappa shape index (κ1) is 17.4. The van der Waals surface area contributed by atoms with Crippen molar-refractivity contribution in [2.24, 2.45) is 0 Å². The van der Waals surface area contributed by atoms with Crippen molar-refractivity contribution in [2.75, 3.05) is 6.61 Å².